The molecule has 0 bridgehead atoms. The van der Waals surface area contributed by atoms with Crippen molar-refractivity contribution in [1.29, 1.82) is 0 Å². The van der Waals surface area contributed by atoms with Crippen LogP contribution >= 0.6 is 0 Å². The predicted molar refractivity (Wildman–Crippen MR) is 81.0 cm³/mol. The van der Waals surface area contributed by atoms with Crippen LogP contribution in [-0.4, -0.2) is 26.1 Å². The van der Waals surface area contributed by atoms with Crippen LogP contribution in [0.25, 0.3) is 16.7 Å². The fraction of sp³-hybridized carbons (Fsp3) is 0.0625. The molecule has 1 aromatic heterocycles. The second-order valence-corrected chi connectivity index (χ2v) is 4.77. The summed E-state index contributed by atoms with van der Waals surface area (Å²) >= 11 is 0. The van der Waals surface area contributed by atoms with Crippen LogP contribution in [0.15, 0.2) is 54.6 Å². The van der Waals surface area contributed by atoms with Crippen molar-refractivity contribution < 1.29 is 14.6 Å². The smallest absolute Gasteiger partial charge is 0.338 e. The molecule has 3 aromatic rings. The lowest BCUT2D eigenvalue weighted by atomic mass is 10.2. The third-order valence-electron chi connectivity index (χ3n) is 3.03. The SMILES string of the molecule is C=C(C)C(=O)Oc1cccc(-n2nc3ccccc3n2)c1O. The van der Waals surface area contributed by atoms with Gasteiger partial charge in [0.15, 0.2) is 11.5 Å². The minimum Gasteiger partial charge on any atom is -0.503 e. The van der Waals surface area contributed by atoms with Crippen molar-refractivity contribution in [3.05, 3.63) is 54.6 Å². The van der Waals surface area contributed by atoms with Gasteiger partial charge in [0, 0.05) is 5.57 Å². The summed E-state index contributed by atoms with van der Waals surface area (Å²) in [6.45, 7) is 5.04. The van der Waals surface area contributed by atoms with Gasteiger partial charge in [0.1, 0.15) is 16.7 Å². The van der Waals surface area contributed by atoms with Crippen LogP contribution in [-0.2, 0) is 4.79 Å². The Morgan fingerprint density at radius 3 is 2.36 bits per heavy atom. The van der Waals surface area contributed by atoms with Gasteiger partial charge in [0.2, 0.25) is 0 Å². The van der Waals surface area contributed by atoms with E-state index in [1.165, 1.54) is 17.8 Å². The van der Waals surface area contributed by atoms with Gasteiger partial charge in [-0.05, 0) is 31.2 Å². The van der Waals surface area contributed by atoms with Crippen molar-refractivity contribution in [2.45, 2.75) is 6.92 Å². The van der Waals surface area contributed by atoms with E-state index in [2.05, 4.69) is 16.8 Å². The highest BCUT2D eigenvalue weighted by molar-refractivity contribution is 5.89. The van der Waals surface area contributed by atoms with Gasteiger partial charge >= 0.3 is 5.97 Å². The van der Waals surface area contributed by atoms with Crippen LogP contribution in [0.1, 0.15) is 6.92 Å². The Kier molecular flexibility index (Phi) is 3.34. The lowest BCUT2D eigenvalue weighted by Gasteiger charge is -2.09. The molecule has 0 saturated carbocycles. The number of benzene rings is 2. The molecular formula is C16H13N3O3. The van der Waals surface area contributed by atoms with E-state index in [-0.39, 0.29) is 17.1 Å². The summed E-state index contributed by atoms with van der Waals surface area (Å²) in [6, 6.07) is 12.1. The van der Waals surface area contributed by atoms with Crippen LogP contribution in [0.5, 0.6) is 11.5 Å². The third kappa shape index (κ3) is 2.42. The molecule has 22 heavy (non-hydrogen) atoms. The van der Waals surface area contributed by atoms with Crippen LogP contribution in [0.2, 0.25) is 0 Å². The number of nitrogens with zero attached hydrogens (tertiary/aromatic N) is 3. The number of hydrogen-bond donors (Lipinski definition) is 1. The van der Waals surface area contributed by atoms with E-state index in [0.717, 1.165) is 0 Å². The van der Waals surface area contributed by atoms with E-state index in [1.54, 1.807) is 12.1 Å². The Labute approximate surface area is 126 Å². The topological polar surface area (TPSA) is 77.2 Å². The molecule has 3 rings (SSSR count). The normalized spacial score (nSPS) is 10.6. The van der Waals surface area contributed by atoms with E-state index < -0.39 is 5.97 Å². The minimum atomic E-state index is -0.606. The summed E-state index contributed by atoms with van der Waals surface area (Å²) in [5.41, 5.74) is 1.97. The molecule has 0 unspecified atom stereocenters. The number of hydrogen-bond acceptors (Lipinski definition) is 5. The lowest BCUT2D eigenvalue weighted by molar-refractivity contribution is -0.130. The maximum atomic E-state index is 11.6. The number of carbonyl (C=O) groups is 1. The molecule has 1 N–H and O–H groups in total. The molecule has 6 nitrogen and oxygen atoms in total. The number of ether oxygens (including phenoxy) is 1. The molecule has 0 atom stereocenters. The number of phenolic OH excluding ortho intramolecular Hbond substituents is 1. The van der Waals surface area contributed by atoms with E-state index >= 15 is 0 Å². The molecule has 0 aliphatic rings. The average molecular weight is 295 g/mol. The summed E-state index contributed by atoms with van der Waals surface area (Å²) in [7, 11) is 0. The van der Waals surface area contributed by atoms with Gasteiger partial charge in [0.05, 0.1) is 0 Å². The highest BCUT2D eigenvalue weighted by Gasteiger charge is 2.15. The van der Waals surface area contributed by atoms with Crippen molar-refractivity contribution in [3.63, 3.8) is 0 Å². The van der Waals surface area contributed by atoms with Crippen molar-refractivity contribution in [1.82, 2.24) is 15.0 Å². The zero-order chi connectivity index (χ0) is 15.7. The molecule has 0 aliphatic carbocycles. The van der Waals surface area contributed by atoms with E-state index in [9.17, 15) is 9.90 Å². The zero-order valence-electron chi connectivity index (χ0n) is 11.9. The van der Waals surface area contributed by atoms with Gasteiger partial charge in [-0.1, -0.05) is 24.8 Å². The first-order valence-corrected chi connectivity index (χ1v) is 6.58. The third-order valence-corrected chi connectivity index (χ3v) is 3.03. The van der Waals surface area contributed by atoms with Gasteiger partial charge in [-0.2, -0.15) is 0 Å². The molecule has 0 radical (unpaired) electrons. The van der Waals surface area contributed by atoms with Gasteiger partial charge < -0.3 is 9.84 Å². The number of esters is 1. The summed E-state index contributed by atoms with van der Waals surface area (Å²) in [6.07, 6.45) is 0. The first-order valence-electron chi connectivity index (χ1n) is 6.58. The second kappa shape index (κ2) is 5.33. The first kappa shape index (κ1) is 13.8. The number of carbonyl (C=O) groups excluding carboxylic acids is 1. The van der Waals surface area contributed by atoms with Crippen LogP contribution in [0, 0.1) is 0 Å². The average Bonchev–Trinajstić information content (AvgIpc) is 2.92. The summed E-state index contributed by atoms with van der Waals surface area (Å²) in [4.78, 5) is 12.9. The highest BCUT2D eigenvalue weighted by Crippen LogP contribution is 2.32. The first-order chi connectivity index (χ1) is 10.6. The zero-order valence-corrected chi connectivity index (χ0v) is 11.9. The highest BCUT2D eigenvalue weighted by atomic mass is 16.5. The molecule has 6 heteroatoms. The van der Waals surface area contributed by atoms with E-state index in [4.69, 9.17) is 4.74 Å². The maximum absolute atomic E-state index is 11.6. The largest absolute Gasteiger partial charge is 0.503 e. The lowest BCUT2D eigenvalue weighted by Crippen LogP contribution is -2.09. The molecular weight excluding hydrogens is 282 g/mol. The summed E-state index contributed by atoms with van der Waals surface area (Å²) < 4.78 is 5.09. The molecule has 0 fully saturated rings. The number of fused-ring (bicyclic) bond motifs is 1. The predicted octanol–water partition coefficient (Wildman–Crippen LogP) is 2.61. The van der Waals surface area contributed by atoms with Crippen molar-refractivity contribution in [2.24, 2.45) is 0 Å². The molecule has 2 aromatic carbocycles. The maximum Gasteiger partial charge on any atom is 0.338 e. The number of aromatic hydroxyl groups is 1. The van der Waals surface area contributed by atoms with Gasteiger partial charge in [-0.25, -0.2) is 4.79 Å². The summed E-state index contributed by atoms with van der Waals surface area (Å²) in [5, 5.41) is 18.9. The minimum absolute atomic E-state index is 0.0341. The van der Waals surface area contributed by atoms with Crippen molar-refractivity contribution in [3.8, 4) is 17.2 Å². The Balaban J connectivity index is 2.04. The van der Waals surface area contributed by atoms with Gasteiger partial charge in [-0.3, -0.25) is 0 Å². The van der Waals surface area contributed by atoms with Crippen LogP contribution < -0.4 is 4.74 Å². The van der Waals surface area contributed by atoms with Gasteiger partial charge in [-0.15, -0.1) is 15.0 Å². The summed E-state index contributed by atoms with van der Waals surface area (Å²) in [5.74, 6) is -0.782. The van der Waals surface area contributed by atoms with Crippen molar-refractivity contribution >= 4 is 17.0 Å². The van der Waals surface area contributed by atoms with E-state index in [1.807, 2.05) is 24.3 Å². The molecule has 1 heterocycles. The van der Waals surface area contributed by atoms with Crippen LogP contribution in [0.4, 0.5) is 0 Å². The van der Waals surface area contributed by atoms with Crippen LogP contribution in [0.3, 0.4) is 0 Å². The second-order valence-electron chi connectivity index (χ2n) is 4.77. The molecule has 0 amide bonds. The van der Waals surface area contributed by atoms with E-state index in [0.29, 0.717) is 16.7 Å². The molecule has 0 aliphatic heterocycles. The Bertz CT molecular complexity index is 850. The number of aromatic nitrogens is 3. The number of rotatable bonds is 3. The fourth-order valence-electron chi connectivity index (χ4n) is 1.91. The van der Waals surface area contributed by atoms with Crippen molar-refractivity contribution in [2.75, 3.05) is 0 Å². The monoisotopic (exact) mass is 295 g/mol. The number of phenols is 1. The standard InChI is InChI=1S/C16H13N3O3/c1-10(2)16(21)22-14-9-5-8-13(15(14)20)19-17-11-6-3-4-7-12(11)18-19/h3-9,20H,1H2,2H3. The Morgan fingerprint density at radius 2 is 1.77 bits per heavy atom. The molecule has 0 saturated heterocycles. The number of para-hydroxylation sites is 1. The Morgan fingerprint density at radius 1 is 1.14 bits per heavy atom. The van der Waals surface area contributed by atoms with Gasteiger partial charge in [0.25, 0.3) is 0 Å². The molecule has 0 spiro atoms. The molecule has 110 valence electrons. The Hall–Kier alpha value is -3.15. The quantitative estimate of drug-likeness (QED) is 0.456. The fourth-order valence-corrected chi connectivity index (χ4v) is 1.91.